The highest BCUT2D eigenvalue weighted by molar-refractivity contribution is 7.90. The van der Waals surface area contributed by atoms with Crippen LogP contribution < -0.4 is 4.90 Å². The van der Waals surface area contributed by atoms with Crippen LogP contribution in [0.1, 0.15) is 11.4 Å². The third-order valence-electron chi connectivity index (χ3n) is 3.36. The minimum atomic E-state index is -3.40. The number of hydrogen-bond acceptors (Lipinski definition) is 8. The summed E-state index contributed by atoms with van der Waals surface area (Å²) >= 11 is 1.17. The fourth-order valence-corrected chi connectivity index (χ4v) is 3.55. The van der Waals surface area contributed by atoms with Crippen molar-refractivity contribution >= 4 is 38.4 Å². The summed E-state index contributed by atoms with van der Waals surface area (Å²) in [5, 5.41) is 0. The van der Waals surface area contributed by atoms with E-state index in [0.29, 0.717) is 18.2 Å². The predicted molar refractivity (Wildman–Crippen MR) is 89.4 cm³/mol. The summed E-state index contributed by atoms with van der Waals surface area (Å²) in [6, 6.07) is 5.81. The van der Waals surface area contributed by atoms with Crippen molar-refractivity contribution in [2.75, 3.05) is 18.2 Å². The molecule has 0 spiro atoms. The zero-order valence-electron chi connectivity index (χ0n) is 12.9. The Labute approximate surface area is 138 Å². The van der Waals surface area contributed by atoms with Gasteiger partial charge in [0.2, 0.25) is 0 Å². The van der Waals surface area contributed by atoms with Crippen LogP contribution in [-0.4, -0.2) is 40.4 Å². The van der Waals surface area contributed by atoms with E-state index < -0.39 is 9.84 Å². The van der Waals surface area contributed by atoms with Crippen LogP contribution in [0.3, 0.4) is 0 Å². The van der Waals surface area contributed by atoms with Crippen LogP contribution in [0, 0.1) is 6.92 Å². The SMILES string of the molecule is Cc1ncc(S(C)(=O)=O)c(N(C)Cc2ccc3nsnc3c2)n1. The molecule has 3 rings (SSSR count). The summed E-state index contributed by atoms with van der Waals surface area (Å²) in [4.78, 5) is 10.2. The van der Waals surface area contributed by atoms with Gasteiger partial charge in [-0.25, -0.2) is 18.4 Å². The molecule has 0 saturated heterocycles. The molecule has 1 aromatic carbocycles. The zero-order valence-corrected chi connectivity index (χ0v) is 14.5. The van der Waals surface area contributed by atoms with Crippen LogP contribution in [0.5, 0.6) is 0 Å². The van der Waals surface area contributed by atoms with Crippen molar-refractivity contribution in [2.24, 2.45) is 0 Å². The van der Waals surface area contributed by atoms with Gasteiger partial charge in [0.25, 0.3) is 0 Å². The number of nitrogens with zero attached hydrogens (tertiary/aromatic N) is 5. The number of hydrogen-bond donors (Lipinski definition) is 0. The van der Waals surface area contributed by atoms with Gasteiger partial charge >= 0.3 is 0 Å². The third kappa shape index (κ3) is 3.30. The van der Waals surface area contributed by atoms with Crippen molar-refractivity contribution < 1.29 is 8.42 Å². The van der Waals surface area contributed by atoms with Gasteiger partial charge in [-0.2, -0.15) is 8.75 Å². The molecule has 0 amide bonds. The second-order valence-corrected chi connectivity index (χ2v) is 7.83. The van der Waals surface area contributed by atoms with Gasteiger partial charge in [0.15, 0.2) is 15.7 Å². The van der Waals surface area contributed by atoms with Crippen LogP contribution in [0.15, 0.2) is 29.3 Å². The number of fused-ring (bicyclic) bond motifs is 1. The molecule has 0 aliphatic rings. The summed E-state index contributed by atoms with van der Waals surface area (Å²) in [6.07, 6.45) is 2.52. The molecule has 2 aromatic heterocycles. The lowest BCUT2D eigenvalue weighted by Crippen LogP contribution is -2.21. The number of aromatic nitrogens is 4. The van der Waals surface area contributed by atoms with Gasteiger partial charge in [0.1, 0.15) is 21.8 Å². The molecule has 0 radical (unpaired) electrons. The van der Waals surface area contributed by atoms with Gasteiger partial charge in [-0.1, -0.05) is 6.07 Å². The van der Waals surface area contributed by atoms with E-state index in [9.17, 15) is 8.42 Å². The largest absolute Gasteiger partial charge is 0.354 e. The van der Waals surface area contributed by atoms with E-state index >= 15 is 0 Å². The molecular weight excluding hydrogens is 334 g/mol. The summed E-state index contributed by atoms with van der Waals surface area (Å²) in [5.74, 6) is 0.926. The minimum absolute atomic E-state index is 0.127. The normalized spacial score (nSPS) is 11.8. The van der Waals surface area contributed by atoms with E-state index in [1.807, 2.05) is 18.2 Å². The molecular formula is C14H15N5O2S2. The van der Waals surface area contributed by atoms with Crippen LogP contribution in [0.25, 0.3) is 11.0 Å². The predicted octanol–water partition coefficient (Wildman–Crippen LogP) is 1.83. The van der Waals surface area contributed by atoms with Crippen LogP contribution in [0.4, 0.5) is 5.82 Å². The number of sulfone groups is 1. The fourth-order valence-electron chi connectivity index (χ4n) is 2.26. The van der Waals surface area contributed by atoms with E-state index in [1.54, 1.807) is 18.9 Å². The zero-order chi connectivity index (χ0) is 16.6. The molecule has 0 atom stereocenters. The van der Waals surface area contributed by atoms with Crippen molar-refractivity contribution in [3.8, 4) is 0 Å². The molecule has 23 heavy (non-hydrogen) atoms. The Morgan fingerprint density at radius 3 is 2.70 bits per heavy atom. The highest BCUT2D eigenvalue weighted by Gasteiger charge is 2.19. The highest BCUT2D eigenvalue weighted by Crippen LogP contribution is 2.23. The first kappa shape index (κ1) is 15.8. The molecule has 0 saturated carbocycles. The molecule has 0 bridgehead atoms. The summed E-state index contributed by atoms with van der Waals surface area (Å²) in [7, 11) is -1.60. The lowest BCUT2D eigenvalue weighted by atomic mass is 10.2. The topological polar surface area (TPSA) is 88.9 Å². The van der Waals surface area contributed by atoms with Crippen LogP contribution in [0.2, 0.25) is 0 Å². The number of anilines is 1. The first-order chi connectivity index (χ1) is 10.8. The molecule has 3 aromatic rings. The van der Waals surface area contributed by atoms with Crippen molar-refractivity contribution in [3.63, 3.8) is 0 Å². The minimum Gasteiger partial charge on any atom is -0.354 e. The van der Waals surface area contributed by atoms with Crippen LogP contribution >= 0.6 is 11.7 Å². The molecule has 0 aliphatic heterocycles. The number of aryl methyl sites for hydroxylation is 1. The smallest absolute Gasteiger partial charge is 0.180 e. The van der Waals surface area contributed by atoms with Crippen molar-refractivity contribution in [1.29, 1.82) is 0 Å². The summed E-state index contributed by atoms with van der Waals surface area (Å²) < 4.78 is 32.3. The van der Waals surface area contributed by atoms with E-state index in [4.69, 9.17) is 0 Å². The van der Waals surface area contributed by atoms with Gasteiger partial charge in [0.05, 0.1) is 17.9 Å². The standard InChI is InChI=1S/C14H15N5O2S2/c1-9-15-7-13(23(3,20)21)14(16-9)19(2)8-10-4-5-11-12(6-10)18-22-17-11/h4-7H,8H2,1-3H3. The second-order valence-electron chi connectivity index (χ2n) is 5.32. The van der Waals surface area contributed by atoms with Gasteiger partial charge in [-0.05, 0) is 24.6 Å². The first-order valence-electron chi connectivity index (χ1n) is 6.80. The Kier molecular flexibility index (Phi) is 3.99. The van der Waals surface area contributed by atoms with E-state index in [0.717, 1.165) is 22.9 Å². The molecule has 9 heteroatoms. The Hall–Kier alpha value is -2.13. The Bertz CT molecular complexity index is 968. The van der Waals surface area contributed by atoms with E-state index in [2.05, 4.69) is 18.7 Å². The van der Waals surface area contributed by atoms with E-state index in [-0.39, 0.29) is 4.90 Å². The van der Waals surface area contributed by atoms with E-state index in [1.165, 1.54) is 17.9 Å². The van der Waals surface area contributed by atoms with Crippen molar-refractivity contribution in [2.45, 2.75) is 18.4 Å². The molecule has 0 aliphatic carbocycles. The quantitative estimate of drug-likeness (QED) is 0.710. The maximum absolute atomic E-state index is 11.9. The number of rotatable bonds is 4. The molecule has 120 valence electrons. The maximum Gasteiger partial charge on any atom is 0.180 e. The Balaban J connectivity index is 1.96. The van der Waals surface area contributed by atoms with Crippen molar-refractivity contribution in [1.82, 2.24) is 18.7 Å². The second kappa shape index (κ2) is 5.82. The molecule has 2 heterocycles. The lowest BCUT2D eigenvalue weighted by molar-refractivity contribution is 0.600. The maximum atomic E-state index is 11.9. The van der Waals surface area contributed by atoms with Gasteiger partial charge in [-0.3, -0.25) is 0 Å². The molecule has 0 fully saturated rings. The Morgan fingerprint density at radius 1 is 1.22 bits per heavy atom. The summed E-state index contributed by atoms with van der Waals surface area (Å²) in [6.45, 7) is 2.24. The molecule has 0 N–H and O–H groups in total. The fraction of sp³-hybridized carbons (Fsp3) is 0.286. The highest BCUT2D eigenvalue weighted by atomic mass is 32.2. The van der Waals surface area contributed by atoms with Gasteiger partial charge in [0, 0.05) is 19.8 Å². The van der Waals surface area contributed by atoms with Gasteiger partial charge in [-0.15, -0.1) is 0 Å². The van der Waals surface area contributed by atoms with Crippen molar-refractivity contribution in [3.05, 3.63) is 35.8 Å². The van der Waals surface area contributed by atoms with Crippen LogP contribution in [-0.2, 0) is 16.4 Å². The Morgan fingerprint density at radius 2 is 1.96 bits per heavy atom. The average Bonchev–Trinajstić information content (AvgIpc) is 2.93. The van der Waals surface area contributed by atoms with Gasteiger partial charge < -0.3 is 4.90 Å². The third-order valence-corrected chi connectivity index (χ3v) is 5.00. The monoisotopic (exact) mass is 349 g/mol. The molecule has 0 unspecified atom stereocenters. The lowest BCUT2D eigenvalue weighted by Gasteiger charge is -2.20. The number of benzene rings is 1. The first-order valence-corrected chi connectivity index (χ1v) is 9.43. The summed E-state index contributed by atoms with van der Waals surface area (Å²) in [5.41, 5.74) is 2.70. The average molecular weight is 349 g/mol. The molecule has 7 nitrogen and oxygen atoms in total.